The number of carbonyl (C=O) groups excluding carboxylic acids is 1. The second-order valence-electron chi connectivity index (χ2n) is 7.53. The average molecular weight is 355 g/mol. The normalized spacial score (nSPS) is 18.1. The summed E-state index contributed by atoms with van der Waals surface area (Å²) in [6.45, 7) is 8.68. The fourth-order valence-corrected chi connectivity index (χ4v) is 3.96. The fourth-order valence-electron chi connectivity index (χ4n) is 3.96. The maximum absolute atomic E-state index is 11.3. The third-order valence-corrected chi connectivity index (χ3v) is 4.89. The molecule has 0 saturated carbocycles. The van der Waals surface area contributed by atoms with E-state index >= 15 is 0 Å². The predicted molar refractivity (Wildman–Crippen MR) is 103 cm³/mol. The Kier molecular flexibility index (Phi) is 5.71. The summed E-state index contributed by atoms with van der Waals surface area (Å²) in [6, 6.07) is 6.40. The van der Waals surface area contributed by atoms with Crippen LogP contribution in [0.15, 0.2) is 18.2 Å². The Morgan fingerprint density at radius 1 is 1.27 bits per heavy atom. The smallest absolute Gasteiger partial charge is 0.222 e. The highest BCUT2D eigenvalue weighted by Crippen LogP contribution is 2.23. The molecule has 140 valence electrons. The number of piperidine rings is 1. The van der Waals surface area contributed by atoms with Crippen molar-refractivity contribution in [3.8, 4) is 0 Å². The Balaban J connectivity index is 1.61. The van der Waals surface area contributed by atoms with Crippen molar-refractivity contribution in [2.24, 2.45) is 13.0 Å². The average Bonchev–Trinajstić information content (AvgIpc) is 2.85. The van der Waals surface area contributed by atoms with Gasteiger partial charge in [-0.15, -0.1) is 0 Å². The lowest BCUT2D eigenvalue weighted by molar-refractivity contribution is -0.114. The van der Waals surface area contributed by atoms with Crippen LogP contribution in [0.4, 0.5) is 5.82 Å². The lowest BCUT2D eigenvalue weighted by atomic mass is 9.91. The van der Waals surface area contributed by atoms with Gasteiger partial charge in [-0.3, -0.25) is 19.4 Å². The number of anilines is 1. The highest BCUT2D eigenvalue weighted by atomic mass is 16.1. The van der Waals surface area contributed by atoms with Gasteiger partial charge in [-0.1, -0.05) is 0 Å². The molecule has 0 spiro atoms. The minimum Gasteiger partial charge on any atom is -0.311 e. The van der Waals surface area contributed by atoms with Gasteiger partial charge in [0.15, 0.2) is 0 Å². The van der Waals surface area contributed by atoms with Crippen LogP contribution in [0.2, 0.25) is 0 Å². The topological polar surface area (TPSA) is 63.1 Å². The van der Waals surface area contributed by atoms with Gasteiger partial charge in [-0.05, 0) is 63.3 Å². The van der Waals surface area contributed by atoms with Crippen LogP contribution >= 0.6 is 0 Å². The highest BCUT2D eigenvalue weighted by molar-refractivity contribution is 5.87. The SMILES string of the molecule is CC(=O)Nc1cc(CN2CCC[C@H](Cc3cc(C)nc(C)c3)C2)nn1C. The number of likely N-dealkylation sites (tertiary alicyclic amines) is 1. The molecule has 1 amide bonds. The van der Waals surface area contributed by atoms with E-state index in [0.29, 0.717) is 5.92 Å². The van der Waals surface area contributed by atoms with E-state index in [2.05, 4.69) is 46.3 Å². The van der Waals surface area contributed by atoms with Gasteiger partial charge >= 0.3 is 0 Å². The molecule has 1 N–H and O–H groups in total. The molecule has 0 aliphatic carbocycles. The zero-order valence-corrected chi connectivity index (χ0v) is 16.2. The largest absolute Gasteiger partial charge is 0.311 e. The van der Waals surface area contributed by atoms with Crippen LogP contribution in [-0.4, -0.2) is 38.7 Å². The van der Waals surface area contributed by atoms with Crippen molar-refractivity contribution < 1.29 is 4.79 Å². The van der Waals surface area contributed by atoms with E-state index in [4.69, 9.17) is 0 Å². The van der Waals surface area contributed by atoms with Crippen molar-refractivity contribution in [3.63, 3.8) is 0 Å². The molecule has 1 atom stereocenters. The molecule has 6 nitrogen and oxygen atoms in total. The van der Waals surface area contributed by atoms with Crippen molar-refractivity contribution in [3.05, 3.63) is 40.8 Å². The molecular weight excluding hydrogens is 326 g/mol. The number of pyridine rings is 1. The van der Waals surface area contributed by atoms with Crippen molar-refractivity contribution in [1.82, 2.24) is 19.7 Å². The summed E-state index contributed by atoms with van der Waals surface area (Å²) in [5, 5.41) is 7.36. The van der Waals surface area contributed by atoms with Crippen LogP contribution in [-0.2, 0) is 24.8 Å². The van der Waals surface area contributed by atoms with Gasteiger partial charge in [0.05, 0.1) is 5.69 Å². The van der Waals surface area contributed by atoms with Crippen LogP contribution < -0.4 is 5.32 Å². The summed E-state index contributed by atoms with van der Waals surface area (Å²) in [5.41, 5.74) is 4.61. The molecule has 3 rings (SSSR count). The summed E-state index contributed by atoms with van der Waals surface area (Å²) in [7, 11) is 1.86. The molecule has 26 heavy (non-hydrogen) atoms. The van der Waals surface area contributed by atoms with Gasteiger partial charge in [0.1, 0.15) is 5.82 Å². The van der Waals surface area contributed by atoms with Crippen molar-refractivity contribution in [2.45, 2.75) is 46.6 Å². The molecule has 0 bridgehead atoms. The standard InChI is InChI=1S/C20H29N5O/c1-14-8-18(9-15(2)21-14)10-17-6-5-7-25(12-17)13-19-11-20(22-16(3)26)24(4)23-19/h8-9,11,17H,5-7,10,12-13H2,1-4H3,(H,22,26)/t17-/m1/s1. The maximum atomic E-state index is 11.3. The number of hydrogen-bond donors (Lipinski definition) is 1. The number of rotatable bonds is 5. The molecule has 0 aromatic carbocycles. The summed E-state index contributed by atoms with van der Waals surface area (Å²) in [6.07, 6.45) is 3.61. The van der Waals surface area contributed by atoms with Crippen LogP contribution in [0.5, 0.6) is 0 Å². The summed E-state index contributed by atoms with van der Waals surface area (Å²) < 4.78 is 1.74. The number of aryl methyl sites for hydroxylation is 3. The van der Waals surface area contributed by atoms with E-state index in [1.807, 2.05) is 13.1 Å². The summed E-state index contributed by atoms with van der Waals surface area (Å²) in [5.74, 6) is 1.35. The second kappa shape index (κ2) is 7.99. The van der Waals surface area contributed by atoms with E-state index in [1.54, 1.807) is 4.68 Å². The number of nitrogens with one attached hydrogen (secondary N) is 1. The van der Waals surface area contributed by atoms with Gasteiger partial charge in [0.2, 0.25) is 5.91 Å². The maximum Gasteiger partial charge on any atom is 0.222 e. The van der Waals surface area contributed by atoms with Gasteiger partial charge in [0.25, 0.3) is 0 Å². The Labute approximate surface area is 155 Å². The fraction of sp³-hybridized carbons (Fsp3) is 0.550. The second-order valence-corrected chi connectivity index (χ2v) is 7.53. The van der Waals surface area contributed by atoms with Gasteiger partial charge in [-0.2, -0.15) is 5.10 Å². The molecule has 1 aliphatic rings. The van der Waals surface area contributed by atoms with E-state index in [-0.39, 0.29) is 5.91 Å². The monoisotopic (exact) mass is 355 g/mol. The number of hydrogen-bond acceptors (Lipinski definition) is 4. The van der Waals surface area contributed by atoms with Crippen molar-refractivity contribution >= 4 is 11.7 Å². The number of aromatic nitrogens is 3. The van der Waals surface area contributed by atoms with E-state index in [0.717, 1.165) is 49.0 Å². The minimum atomic E-state index is -0.0690. The molecule has 0 radical (unpaired) electrons. The molecule has 1 saturated heterocycles. The molecule has 3 heterocycles. The molecular formula is C20H29N5O. The number of carbonyl (C=O) groups is 1. The van der Waals surface area contributed by atoms with Crippen molar-refractivity contribution in [2.75, 3.05) is 18.4 Å². The number of nitrogens with zero attached hydrogens (tertiary/aromatic N) is 4. The summed E-state index contributed by atoms with van der Waals surface area (Å²) in [4.78, 5) is 18.2. The quantitative estimate of drug-likeness (QED) is 0.896. The van der Waals surface area contributed by atoms with E-state index in [9.17, 15) is 4.79 Å². The molecule has 2 aromatic heterocycles. The first-order valence-corrected chi connectivity index (χ1v) is 9.36. The van der Waals surface area contributed by atoms with Crippen LogP contribution in [0.25, 0.3) is 0 Å². The van der Waals surface area contributed by atoms with Crippen molar-refractivity contribution in [1.29, 1.82) is 0 Å². The highest BCUT2D eigenvalue weighted by Gasteiger charge is 2.21. The Bertz CT molecular complexity index is 762. The Morgan fingerprint density at radius 2 is 2.00 bits per heavy atom. The first-order valence-electron chi connectivity index (χ1n) is 9.36. The van der Waals surface area contributed by atoms with Crippen LogP contribution in [0.1, 0.15) is 42.4 Å². The van der Waals surface area contributed by atoms with Gasteiger partial charge < -0.3 is 5.32 Å². The van der Waals surface area contributed by atoms with Gasteiger partial charge in [-0.25, -0.2) is 0 Å². The molecule has 1 aliphatic heterocycles. The minimum absolute atomic E-state index is 0.0690. The first-order chi connectivity index (χ1) is 12.4. The Hall–Kier alpha value is -2.21. The van der Waals surface area contributed by atoms with E-state index < -0.39 is 0 Å². The number of amides is 1. The van der Waals surface area contributed by atoms with E-state index in [1.165, 1.54) is 25.3 Å². The van der Waals surface area contributed by atoms with Crippen LogP contribution in [0, 0.1) is 19.8 Å². The molecule has 2 aromatic rings. The zero-order chi connectivity index (χ0) is 18.7. The zero-order valence-electron chi connectivity index (χ0n) is 16.2. The third kappa shape index (κ3) is 4.91. The predicted octanol–water partition coefficient (Wildman–Crippen LogP) is 2.85. The molecule has 1 fully saturated rings. The van der Waals surface area contributed by atoms with Crippen LogP contribution in [0.3, 0.4) is 0 Å². The van der Waals surface area contributed by atoms with Gasteiger partial charge in [0, 0.05) is 44.5 Å². The molecule has 0 unspecified atom stereocenters. The summed E-state index contributed by atoms with van der Waals surface area (Å²) >= 11 is 0. The lowest BCUT2D eigenvalue weighted by Gasteiger charge is -2.32. The Morgan fingerprint density at radius 3 is 2.69 bits per heavy atom. The third-order valence-electron chi connectivity index (χ3n) is 4.89. The first kappa shape index (κ1) is 18.6. The lowest BCUT2D eigenvalue weighted by Crippen LogP contribution is -2.35. The molecule has 6 heteroatoms.